The van der Waals surface area contributed by atoms with Crippen LogP contribution in [0.4, 0.5) is 4.39 Å². The number of hydrogen-bond donors (Lipinski definition) is 0. The number of halogens is 1. The lowest BCUT2D eigenvalue weighted by atomic mass is 10.1. The Hall–Kier alpha value is -1.91. The molecule has 1 heterocycles. The average Bonchev–Trinajstić information content (AvgIpc) is 2.49. The Morgan fingerprint density at radius 2 is 1.57 bits per heavy atom. The summed E-state index contributed by atoms with van der Waals surface area (Å²) in [7, 11) is 0. The summed E-state index contributed by atoms with van der Waals surface area (Å²) < 4.78 is 12.8. The van der Waals surface area contributed by atoms with E-state index in [0.717, 1.165) is 5.56 Å². The highest BCUT2D eigenvalue weighted by Crippen LogP contribution is 2.10. The maximum Gasteiger partial charge on any atom is 0.227 e. The van der Waals surface area contributed by atoms with Gasteiger partial charge in [-0.3, -0.25) is 9.59 Å². The van der Waals surface area contributed by atoms with E-state index in [1.165, 1.54) is 12.1 Å². The summed E-state index contributed by atoms with van der Waals surface area (Å²) in [6.45, 7) is 6.08. The van der Waals surface area contributed by atoms with Gasteiger partial charge in [-0.15, -0.1) is 0 Å². The van der Waals surface area contributed by atoms with Gasteiger partial charge in [0.05, 0.1) is 6.42 Å². The zero-order chi connectivity index (χ0) is 15.4. The van der Waals surface area contributed by atoms with E-state index in [1.807, 2.05) is 18.7 Å². The van der Waals surface area contributed by atoms with E-state index < -0.39 is 0 Å². The van der Waals surface area contributed by atoms with E-state index >= 15 is 0 Å². The fourth-order valence-corrected chi connectivity index (χ4v) is 2.43. The molecule has 0 atom stereocenters. The second-order valence-corrected chi connectivity index (χ2v) is 5.66. The molecule has 0 saturated carbocycles. The zero-order valence-electron chi connectivity index (χ0n) is 12.5. The zero-order valence-corrected chi connectivity index (χ0v) is 12.5. The molecule has 0 unspecified atom stereocenters. The second-order valence-electron chi connectivity index (χ2n) is 5.66. The van der Waals surface area contributed by atoms with Crippen molar-refractivity contribution in [1.29, 1.82) is 0 Å². The first-order valence-corrected chi connectivity index (χ1v) is 7.28. The molecule has 0 aromatic heterocycles. The van der Waals surface area contributed by atoms with E-state index in [4.69, 9.17) is 0 Å². The molecule has 1 saturated heterocycles. The first kappa shape index (κ1) is 15.5. The quantitative estimate of drug-likeness (QED) is 0.850. The van der Waals surface area contributed by atoms with Gasteiger partial charge in [0.25, 0.3) is 0 Å². The number of benzene rings is 1. The summed E-state index contributed by atoms with van der Waals surface area (Å²) in [6, 6.07) is 5.99. The minimum atomic E-state index is -0.299. The Labute approximate surface area is 124 Å². The highest BCUT2D eigenvalue weighted by atomic mass is 19.1. The SMILES string of the molecule is CC(C)C(=O)N1CCN(C(=O)Cc2ccc(F)cc2)CC1. The van der Waals surface area contributed by atoms with Crippen LogP contribution in [0.3, 0.4) is 0 Å². The Kier molecular flexibility index (Phi) is 4.94. The van der Waals surface area contributed by atoms with Crippen molar-refractivity contribution in [3.05, 3.63) is 35.6 Å². The van der Waals surface area contributed by atoms with E-state index in [0.29, 0.717) is 26.2 Å². The monoisotopic (exact) mass is 292 g/mol. The van der Waals surface area contributed by atoms with Crippen molar-refractivity contribution in [2.24, 2.45) is 5.92 Å². The molecule has 1 aliphatic heterocycles. The summed E-state index contributed by atoms with van der Waals surface area (Å²) in [5.41, 5.74) is 0.807. The van der Waals surface area contributed by atoms with Crippen molar-refractivity contribution in [2.75, 3.05) is 26.2 Å². The number of amides is 2. The van der Waals surface area contributed by atoms with Crippen LogP contribution in [0.25, 0.3) is 0 Å². The Morgan fingerprint density at radius 3 is 2.10 bits per heavy atom. The highest BCUT2D eigenvalue weighted by Gasteiger charge is 2.25. The summed E-state index contributed by atoms with van der Waals surface area (Å²) in [5, 5.41) is 0. The highest BCUT2D eigenvalue weighted by molar-refractivity contribution is 5.80. The van der Waals surface area contributed by atoms with Crippen LogP contribution in [0.1, 0.15) is 19.4 Å². The molecule has 4 nitrogen and oxygen atoms in total. The number of hydrogen-bond acceptors (Lipinski definition) is 2. The Morgan fingerprint density at radius 1 is 1.05 bits per heavy atom. The van der Waals surface area contributed by atoms with E-state index in [1.54, 1.807) is 17.0 Å². The van der Waals surface area contributed by atoms with Crippen molar-refractivity contribution in [2.45, 2.75) is 20.3 Å². The molecule has 21 heavy (non-hydrogen) atoms. The summed E-state index contributed by atoms with van der Waals surface area (Å²) in [5.74, 6) is -0.141. The predicted octanol–water partition coefficient (Wildman–Crippen LogP) is 1.69. The van der Waals surface area contributed by atoms with Gasteiger partial charge in [-0.1, -0.05) is 26.0 Å². The van der Waals surface area contributed by atoms with Gasteiger partial charge in [0.2, 0.25) is 11.8 Å². The van der Waals surface area contributed by atoms with Gasteiger partial charge < -0.3 is 9.80 Å². The molecule has 0 aliphatic carbocycles. The van der Waals surface area contributed by atoms with Gasteiger partial charge in [0.15, 0.2) is 0 Å². The lowest BCUT2D eigenvalue weighted by molar-refractivity contribution is -0.141. The van der Waals surface area contributed by atoms with Gasteiger partial charge in [-0.2, -0.15) is 0 Å². The van der Waals surface area contributed by atoms with Crippen molar-refractivity contribution >= 4 is 11.8 Å². The molecule has 0 radical (unpaired) electrons. The fourth-order valence-electron chi connectivity index (χ4n) is 2.43. The van der Waals surface area contributed by atoms with Crippen LogP contribution in [0, 0.1) is 11.7 Å². The molecule has 1 aromatic carbocycles. The molecule has 2 amide bonds. The molecule has 0 spiro atoms. The maximum absolute atomic E-state index is 12.8. The maximum atomic E-state index is 12.8. The van der Waals surface area contributed by atoms with Crippen molar-refractivity contribution in [1.82, 2.24) is 9.80 Å². The first-order chi connectivity index (χ1) is 9.97. The molecule has 0 N–H and O–H groups in total. The molecule has 1 aliphatic rings. The molecule has 114 valence electrons. The Balaban J connectivity index is 1.86. The summed E-state index contributed by atoms with van der Waals surface area (Å²) in [6.07, 6.45) is 0.276. The molecule has 2 rings (SSSR count). The van der Waals surface area contributed by atoms with Gasteiger partial charge in [-0.05, 0) is 17.7 Å². The van der Waals surface area contributed by atoms with E-state index in [-0.39, 0.29) is 30.0 Å². The molecular formula is C16H21FN2O2. The van der Waals surface area contributed by atoms with Crippen molar-refractivity contribution in [3.8, 4) is 0 Å². The van der Waals surface area contributed by atoms with Crippen molar-refractivity contribution < 1.29 is 14.0 Å². The van der Waals surface area contributed by atoms with E-state index in [9.17, 15) is 14.0 Å². The predicted molar refractivity (Wildman–Crippen MR) is 78.1 cm³/mol. The summed E-state index contributed by atoms with van der Waals surface area (Å²) in [4.78, 5) is 27.7. The number of piperazine rings is 1. The third-order valence-corrected chi connectivity index (χ3v) is 3.71. The standard InChI is InChI=1S/C16H21FN2O2/c1-12(2)16(21)19-9-7-18(8-10-19)15(20)11-13-3-5-14(17)6-4-13/h3-6,12H,7-11H2,1-2H3. The van der Waals surface area contributed by atoms with Crippen LogP contribution in [0.15, 0.2) is 24.3 Å². The Bertz CT molecular complexity index is 506. The van der Waals surface area contributed by atoms with Gasteiger partial charge in [-0.25, -0.2) is 4.39 Å². The average molecular weight is 292 g/mol. The molecule has 1 fully saturated rings. The normalized spacial score (nSPS) is 15.4. The smallest absolute Gasteiger partial charge is 0.227 e. The number of carbonyl (C=O) groups is 2. The molecule has 1 aromatic rings. The molecule has 5 heteroatoms. The van der Waals surface area contributed by atoms with Gasteiger partial charge >= 0.3 is 0 Å². The van der Waals surface area contributed by atoms with Gasteiger partial charge in [0, 0.05) is 32.1 Å². The lowest BCUT2D eigenvalue weighted by Crippen LogP contribution is -2.51. The summed E-state index contributed by atoms with van der Waals surface area (Å²) >= 11 is 0. The van der Waals surface area contributed by atoms with Crippen LogP contribution in [-0.4, -0.2) is 47.8 Å². The van der Waals surface area contributed by atoms with Crippen LogP contribution in [-0.2, 0) is 16.0 Å². The minimum absolute atomic E-state index is 0.00790. The van der Waals surface area contributed by atoms with Crippen LogP contribution in [0.2, 0.25) is 0 Å². The number of nitrogens with zero attached hydrogens (tertiary/aromatic N) is 2. The van der Waals surface area contributed by atoms with Gasteiger partial charge in [0.1, 0.15) is 5.82 Å². The third kappa shape index (κ3) is 4.03. The van der Waals surface area contributed by atoms with Crippen LogP contribution < -0.4 is 0 Å². The lowest BCUT2D eigenvalue weighted by Gasteiger charge is -2.35. The fraction of sp³-hybridized carbons (Fsp3) is 0.500. The molecule has 0 bridgehead atoms. The second kappa shape index (κ2) is 6.70. The van der Waals surface area contributed by atoms with E-state index in [2.05, 4.69) is 0 Å². The topological polar surface area (TPSA) is 40.6 Å². The largest absolute Gasteiger partial charge is 0.339 e. The molecular weight excluding hydrogens is 271 g/mol. The number of carbonyl (C=O) groups excluding carboxylic acids is 2. The first-order valence-electron chi connectivity index (χ1n) is 7.28. The minimum Gasteiger partial charge on any atom is -0.339 e. The number of rotatable bonds is 3. The van der Waals surface area contributed by atoms with Crippen LogP contribution in [0.5, 0.6) is 0 Å². The third-order valence-electron chi connectivity index (χ3n) is 3.71. The van der Waals surface area contributed by atoms with Crippen LogP contribution >= 0.6 is 0 Å². The van der Waals surface area contributed by atoms with Crippen molar-refractivity contribution in [3.63, 3.8) is 0 Å².